The number of nitrogen functional groups attached to an aromatic ring is 1. The summed E-state index contributed by atoms with van der Waals surface area (Å²) >= 11 is 1.79. The molecule has 1 unspecified atom stereocenters. The van der Waals surface area contributed by atoms with Crippen molar-refractivity contribution in [2.75, 3.05) is 17.7 Å². The zero-order chi connectivity index (χ0) is 13.7. The minimum absolute atomic E-state index is 0.0344. The summed E-state index contributed by atoms with van der Waals surface area (Å²) in [4.78, 5) is 12.1. The summed E-state index contributed by atoms with van der Waals surface area (Å²) < 4.78 is 0. The minimum Gasteiger partial charge on any atom is -0.398 e. The molecule has 1 aromatic carbocycles. The van der Waals surface area contributed by atoms with E-state index in [-0.39, 0.29) is 11.9 Å². The number of anilines is 1. The first kappa shape index (κ1) is 14.9. The van der Waals surface area contributed by atoms with E-state index in [1.54, 1.807) is 17.8 Å². The Balaban J connectivity index is 2.75. The van der Waals surface area contributed by atoms with Gasteiger partial charge < -0.3 is 11.1 Å². The molecular formula is C14H22N2OS. The molecule has 100 valence electrons. The van der Waals surface area contributed by atoms with Gasteiger partial charge in [0.25, 0.3) is 5.91 Å². The lowest BCUT2D eigenvalue weighted by Crippen LogP contribution is -2.33. The van der Waals surface area contributed by atoms with Gasteiger partial charge in [-0.2, -0.15) is 11.8 Å². The highest BCUT2D eigenvalue weighted by Crippen LogP contribution is 2.18. The normalized spacial score (nSPS) is 12.2. The van der Waals surface area contributed by atoms with Crippen LogP contribution < -0.4 is 11.1 Å². The second kappa shape index (κ2) is 6.69. The Labute approximate surface area is 114 Å². The number of aryl methyl sites for hydroxylation is 2. The third-order valence-corrected chi connectivity index (χ3v) is 3.63. The molecular weight excluding hydrogens is 244 g/mol. The molecule has 0 aliphatic heterocycles. The first-order valence-corrected chi connectivity index (χ1v) is 7.51. The summed E-state index contributed by atoms with van der Waals surface area (Å²) in [6.07, 6.45) is 3.05. The Kier molecular flexibility index (Phi) is 5.54. The first-order valence-electron chi connectivity index (χ1n) is 6.12. The lowest BCUT2D eigenvalue weighted by atomic mass is 10.0. The van der Waals surface area contributed by atoms with Crippen LogP contribution in [0, 0.1) is 13.8 Å². The van der Waals surface area contributed by atoms with Gasteiger partial charge in [0.1, 0.15) is 0 Å². The van der Waals surface area contributed by atoms with E-state index < -0.39 is 0 Å². The van der Waals surface area contributed by atoms with Crippen molar-refractivity contribution in [3.05, 3.63) is 28.8 Å². The van der Waals surface area contributed by atoms with Crippen LogP contribution in [0.1, 0.15) is 34.8 Å². The van der Waals surface area contributed by atoms with Gasteiger partial charge in [-0.15, -0.1) is 0 Å². The largest absolute Gasteiger partial charge is 0.398 e. The molecule has 0 saturated heterocycles. The molecule has 1 aromatic rings. The fourth-order valence-electron chi connectivity index (χ4n) is 1.78. The number of hydrogen-bond donors (Lipinski definition) is 2. The van der Waals surface area contributed by atoms with E-state index >= 15 is 0 Å². The van der Waals surface area contributed by atoms with Gasteiger partial charge >= 0.3 is 0 Å². The highest BCUT2D eigenvalue weighted by Gasteiger charge is 2.13. The van der Waals surface area contributed by atoms with Gasteiger partial charge in [-0.05, 0) is 56.4 Å². The monoisotopic (exact) mass is 266 g/mol. The third-order valence-electron chi connectivity index (χ3n) is 2.99. The maximum Gasteiger partial charge on any atom is 0.251 e. The highest BCUT2D eigenvalue weighted by atomic mass is 32.2. The van der Waals surface area contributed by atoms with E-state index in [9.17, 15) is 4.79 Å². The molecule has 0 bridgehead atoms. The number of nitrogens with two attached hydrogens (primary N) is 1. The molecule has 0 aromatic heterocycles. The molecule has 0 fully saturated rings. The van der Waals surface area contributed by atoms with E-state index in [0.717, 1.165) is 23.3 Å². The lowest BCUT2D eigenvalue weighted by molar-refractivity contribution is 0.0939. The fraction of sp³-hybridized carbons (Fsp3) is 0.500. The van der Waals surface area contributed by atoms with Gasteiger partial charge in [0, 0.05) is 17.3 Å². The summed E-state index contributed by atoms with van der Waals surface area (Å²) in [5, 5.41) is 3.01. The molecule has 1 atom stereocenters. The van der Waals surface area contributed by atoms with Crippen LogP contribution in [0.4, 0.5) is 5.69 Å². The number of thioether (sulfide) groups is 1. The van der Waals surface area contributed by atoms with Crippen LogP contribution in [-0.4, -0.2) is 24.0 Å². The molecule has 0 spiro atoms. The Hall–Kier alpha value is -1.16. The average Bonchev–Trinajstić information content (AvgIpc) is 2.31. The van der Waals surface area contributed by atoms with E-state index in [1.165, 1.54) is 0 Å². The zero-order valence-corrected chi connectivity index (χ0v) is 12.4. The van der Waals surface area contributed by atoms with Crippen LogP contribution in [0.5, 0.6) is 0 Å². The van der Waals surface area contributed by atoms with Gasteiger partial charge in [0.15, 0.2) is 0 Å². The smallest absolute Gasteiger partial charge is 0.251 e. The highest BCUT2D eigenvalue weighted by molar-refractivity contribution is 7.98. The van der Waals surface area contributed by atoms with Crippen molar-refractivity contribution in [1.29, 1.82) is 0 Å². The molecule has 0 radical (unpaired) electrons. The Morgan fingerprint density at radius 2 is 2.06 bits per heavy atom. The van der Waals surface area contributed by atoms with Crippen molar-refractivity contribution in [2.45, 2.75) is 33.2 Å². The van der Waals surface area contributed by atoms with Crippen molar-refractivity contribution in [2.24, 2.45) is 0 Å². The van der Waals surface area contributed by atoms with E-state index in [4.69, 9.17) is 5.73 Å². The van der Waals surface area contributed by atoms with Gasteiger partial charge in [0.2, 0.25) is 0 Å². The second-order valence-corrected chi connectivity index (χ2v) is 5.67. The predicted octanol–water partition coefficient (Wildman–Crippen LogP) is 2.76. The van der Waals surface area contributed by atoms with Crippen LogP contribution in [-0.2, 0) is 0 Å². The van der Waals surface area contributed by atoms with E-state index in [0.29, 0.717) is 11.3 Å². The number of rotatable bonds is 5. The first-order chi connectivity index (χ1) is 8.45. The van der Waals surface area contributed by atoms with Crippen LogP contribution in [0.15, 0.2) is 12.1 Å². The summed E-state index contributed by atoms with van der Waals surface area (Å²) in [7, 11) is 0. The molecule has 18 heavy (non-hydrogen) atoms. The van der Waals surface area contributed by atoms with Crippen LogP contribution in [0.2, 0.25) is 0 Å². The molecule has 0 aliphatic carbocycles. The number of amides is 1. The quantitative estimate of drug-likeness (QED) is 0.806. The topological polar surface area (TPSA) is 55.1 Å². The molecule has 3 nitrogen and oxygen atoms in total. The number of hydrogen-bond acceptors (Lipinski definition) is 3. The second-order valence-electron chi connectivity index (χ2n) is 4.68. The third kappa shape index (κ3) is 3.95. The summed E-state index contributed by atoms with van der Waals surface area (Å²) in [6, 6.07) is 3.91. The minimum atomic E-state index is -0.0344. The fourth-order valence-corrected chi connectivity index (χ4v) is 2.37. The standard InChI is InChI=1S/C14H22N2OS/c1-9-7-10(2)13(15)8-12(9)14(17)16-11(3)5-6-18-4/h7-8,11H,5-6,15H2,1-4H3,(H,16,17). The van der Waals surface area contributed by atoms with Gasteiger partial charge in [-0.1, -0.05) is 6.07 Å². The van der Waals surface area contributed by atoms with Crippen molar-refractivity contribution < 1.29 is 4.79 Å². The summed E-state index contributed by atoms with van der Waals surface area (Å²) in [5.74, 6) is 1.02. The SMILES string of the molecule is CSCCC(C)NC(=O)c1cc(N)c(C)cc1C. The average molecular weight is 266 g/mol. The number of benzene rings is 1. The van der Waals surface area contributed by atoms with Crippen molar-refractivity contribution in [3.63, 3.8) is 0 Å². The molecule has 0 saturated carbocycles. The Morgan fingerprint density at radius 3 is 2.67 bits per heavy atom. The maximum atomic E-state index is 12.1. The number of nitrogens with one attached hydrogen (secondary N) is 1. The Morgan fingerprint density at radius 1 is 1.39 bits per heavy atom. The number of carbonyl (C=O) groups excluding carboxylic acids is 1. The molecule has 3 N–H and O–H groups in total. The maximum absolute atomic E-state index is 12.1. The van der Waals surface area contributed by atoms with Gasteiger partial charge in [-0.25, -0.2) is 0 Å². The Bertz CT molecular complexity index is 432. The van der Waals surface area contributed by atoms with Crippen molar-refractivity contribution in [3.8, 4) is 0 Å². The zero-order valence-electron chi connectivity index (χ0n) is 11.5. The van der Waals surface area contributed by atoms with E-state index in [2.05, 4.69) is 11.6 Å². The molecule has 1 rings (SSSR count). The van der Waals surface area contributed by atoms with Crippen LogP contribution in [0.25, 0.3) is 0 Å². The van der Waals surface area contributed by atoms with Gasteiger partial charge in [-0.3, -0.25) is 4.79 Å². The summed E-state index contributed by atoms with van der Waals surface area (Å²) in [5.41, 5.74) is 9.18. The lowest BCUT2D eigenvalue weighted by Gasteiger charge is -2.15. The number of carbonyl (C=O) groups is 1. The van der Waals surface area contributed by atoms with Crippen molar-refractivity contribution >= 4 is 23.4 Å². The molecule has 1 amide bonds. The van der Waals surface area contributed by atoms with Crippen LogP contribution in [0.3, 0.4) is 0 Å². The van der Waals surface area contributed by atoms with Crippen LogP contribution >= 0.6 is 11.8 Å². The predicted molar refractivity (Wildman–Crippen MR) is 80.3 cm³/mol. The molecule has 0 heterocycles. The molecule has 4 heteroatoms. The van der Waals surface area contributed by atoms with Crippen molar-refractivity contribution in [1.82, 2.24) is 5.32 Å². The van der Waals surface area contributed by atoms with Gasteiger partial charge in [0.05, 0.1) is 0 Å². The van der Waals surface area contributed by atoms with E-state index in [1.807, 2.05) is 26.8 Å². The summed E-state index contributed by atoms with van der Waals surface area (Å²) in [6.45, 7) is 5.92. The molecule has 0 aliphatic rings.